The lowest BCUT2D eigenvalue weighted by atomic mass is 10.1. The van der Waals surface area contributed by atoms with Gasteiger partial charge in [-0.15, -0.1) is 11.3 Å². The zero-order chi connectivity index (χ0) is 33.4. The molecule has 1 aromatic heterocycles. The van der Waals surface area contributed by atoms with Gasteiger partial charge < -0.3 is 25.0 Å². The fraction of sp³-hybridized carbons (Fsp3) is 0.233. The molecule has 1 fully saturated rings. The molecule has 4 aromatic rings. The number of alkyl halides is 6. The van der Waals surface area contributed by atoms with Crippen molar-refractivity contribution in [1.29, 1.82) is 0 Å². The van der Waals surface area contributed by atoms with Gasteiger partial charge in [0.05, 0.1) is 42.7 Å². The summed E-state index contributed by atoms with van der Waals surface area (Å²) in [5, 5.41) is 4.71. The molecule has 242 valence electrons. The number of hydrogen-bond donors (Lipinski definition) is 2. The largest absolute Gasteiger partial charge is 0.496 e. The van der Waals surface area contributed by atoms with E-state index in [-0.39, 0.29) is 37.5 Å². The van der Waals surface area contributed by atoms with Crippen molar-refractivity contribution in [2.24, 2.45) is 0 Å². The molecule has 0 aliphatic carbocycles. The molecule has 16 heteroatoms. The molecule has 0 bridgehead atoms. The highest BCUT2D eigenvalue weighted by molar-refractivity contribution is 7.21. The number of carbonyl (C=O) groups is 3. The van der Waals surface area contributed by atoms with Crippen LogP contribution in [-0.2, 0) is 17.1 Å². The molecule has 0 saturated carbocycles. The van der Waals surface area contributed by atoms with Crippen molar-refractivity contribution in [1.82, 2.24) is 4.90 Å². The first-order valence-electron chi connectivity index (χ1n) is 13.4. The molecule has 2 N–H and O–H groups in total. The summed E-state index contributed by atoms with van der Waals surface area (Å²) in [5.41, 5.74) is -3.42. The quantitative estimate of drug-likeness (QED) is 0.214. The highest BCUT2D eigenvalue weighted by Gasteiger charge is 2.35. The van der Waals surface area contributed by atoms with Crippen LogP contribution in [0.15, 0.2) is 54.6 Å². The smallest absolute Gasteiger partial charge is 0.419 e. The number of amides is 3. The van der Waals surface area contributed by atoms with E-state index in [9.17, 15) is 45.1 Å². The lowest BCUT2D eigenvalue weighted by molar-refractivity contribution is -0.140. The van der Waals surface area contributed by atoms with Crippen LogP contribution in [0.4, 0.5) is 42.1 Å². The Bertz CT molecular complexity index is 1830. The average molecular weight is 670 g/mol. The molecule has 0 atom stereocenters. The minimum Gasteiger partial charge on any atom is -0.496 e. The van der Waals surface area contributed by atoms with Crippen LogP contribution in [-0.4, -0.2) is 56.0 Å². The first-order chi connectivity index (χ1) is 21.7. The summed E-state index contributed by atoms with van der Waals surface area (Å²) in [6, 6.07) is 8.36. The molecular formula is C30H22F7N3O5S. The maximum atomic E-state index is 13.8. The molecule has 46 heavy (non-hydrogen) atoms. The summed E-state index contributed by atoms with van der Waals surface area (Å²) < 4.78 is 104. The Labute approximate surface area is 259 Å². The predicted octanol–water partition coefficient (Wildman–Crippen LogP) is 7.06. The lowest BCUT2D eigenvalue weighted by Gasteiger charge is -2.27. The van der Waals surface area contributed by atoms with Crippen molar-refractivity contribution in [2.75, 3.05) is 44.0 Å². The van der Waals surface area contributed by atoms with Gasteiger partial charge in [-0.3, -0.25) is 14.4 Å². The number of ether oxygens (including phenoxy) is 2. The normalized spacial score (nSPS) is 13.9. The highest BCUT2D eigenvalue weighted by atomic mass is 32.1. The fourth-order valence-electron chi connectivity index (χ4n) is 4.71. The molecule has 0 spiro atoms. The number of halogens is 7. The second-order valence-electron chi connectivity index (χ2n) is 9.94. The van der Waals surface area contributed by atoms with E-state index in [1.807, 2.05) is 0 Å². The average Bonchev–Trinajstić information content (AvgIpc) is 3.38. The molecule has 1 aliphatic rings. The van der Waals surface area contributed by atoms with Gasteiger partial charge in [-0.25, -0.2) is 4.39 Å². The number of nitrogens with zero attached hydrogens (tertiary/aromatic N) is 1. The molecule has 1 saturated heterocycles. The molecule has 3 amide bonds. The number of morpholine rings is 1. The van der Waals surface area contributed by atoms with Gasteiger partial charge in [0.2, 0.25) is 0 Å². The van der Waals surface area contributed by atoms with Crippen LogP contribution in [0.1, 0.15) is 41.5 Å². The van der Waals surface area contributed by atoms with Crippen molar-refractivity contribution in [2.45, 2.75) is 12.4 Å². The first-order valence-corrected chi connectivity index (χ1v) is 14.2. The highest BCUT2D eigenvalue weighted by Crippen LogP contribution is 2.41. The Kier molecular flexibility index (Phi) is 8.95. The monoisotopic (exact) mass is 669 g/mol. The molecular weight excluding hydrogens is 647 g/mol. The molecule has 0 radical (unpaired) electrons. The molecule has 3 aromatic carbocycles. The Morgan fingerprint density at radius 1 is 0.870 bits per heavy atom. The van der Waals surface area contributed by atoms with Gasteiger partial charge in [-0.1, -0.05) is 6.07 Å². The number of fused-ring (bicyclic) bond motifs is 1. The van der Waals surface area contributed by atoms with Crippen LogP contribution in [0, 0.1) is 5.82 Å². The van der Waals surface area contributed by atoms with Crippen LogP contribution >= 0.6 is 11.3 Å². The van der Waals surface area contributed by atoms with E-state index in [4.69, 9.17) is 9.47 Å². The van der Waals surface area contributed by atoms with Crippen molar-refractivity contribution >= 4 is 50.5 Å². The zero-order valence-corrected chi connectivity index (χ0v) is 24.4. The summed E-state index contributed by atoms with van der Waals surface area (Å²) in [7, 11) is 1.27. The second kappa shape index (κ2) is 12.6. The minimum absolute atomic E-state index is 0.0195. The Hall–Kier alpha value is -4.70. The molecule has 1 aliphatic heterocycles. The number of thiophene rings is 1. The minimum atomic E-state index is -5.08. The number of rotatable bonds is 6. The third kappa shape index (κ3) is 6.77. The van der Waals surface area contributed by atoms with Gasteiger partial charge in [-0.2, -0.15) is 26.3 Å². The maximum Gasteiger partial charge on any atom is 0.419 e. The van der Waals surface area contributed by atoms with Gasteiger partial charge in [0.15, 0.2) is 0 Å². The van der Waals surface area contributed by atoms with Crippen LogP contribution in [0.5, 0.6) is 5.75 Å². The number of anilines is 2. The van der Waals surface area contributed by atoms with Gasteiger partial charge in [0, 0.05) is 34.4 Å². The number of hydrogen-bond acceptors (Lipinski definition) is 6. The van der Waals surface area contributed by atoms with E-state index in [1.54, 1.807) is 0 Å². The van der Waals surface area contributed by atoms with Crippen molar-refractivity contribution in [3.8, 4) is 5.75 Å². The second-order valence-corrected chi connectivity index (χ2v) is 11.0. The summed E-state index contributed by atoms with van der Waals surface area (Å²) >= 11 is 0.541. The lowest BCUT2D eigenvalue weighted by Crippen LogP contribution is -2.40. The van der Waals surface area contributed by atoms with E-state index in [2.05, 4.69) is 10.6 Å². The van der Waals surface area contributed by atoms with Crippen LogP contribution < -0.4 is 15.4 Å². The standard InChI is InChI=1S/C30H22F7N3O5S/c1-44-22-7-2-15(28(43)40-8-10-45-11-9-40)12-19(22)26(41)39-24-18-5-3-16(29(32,33)34)13-23(18)46-25(24)27(42)38-17-4-6-21(31)20(14-17)30(35,36)37/h2-7,12-14H,8-11H2,1H3,(H,38,42)(H,39,41). The van der Waals surface area contributed by atoms with Gasteiger partial charge in [0.25, 0.3) is 17.7 Å². The SMILES string of the molecule is COc1ccc(C(=O)N2CCOCC2)cc1C(=O)Nc1c(C(=O)Nc2ccc(F)c(C(F)(F)F)c2)sc2cc(C(F)(F)F)ccc12. The number of benzene rings is 3. The molecule has 0 unspecified atom stereocenters. The molecule has 5 rings (SSSR count). The van der Waals surface area contributed by atoms with Gasteiger partial charge in [-0.05, 0) is 48.5 Å². The third-order valence-electron chi connectivity index (χ3n) is 6.98. The number of nitrogens with one attached hydrogen (secondary N) is 2. The van der Waals surface area contributed by atoms with Crippen LogP contribution in [0.25, 0.3) is 10.1 Å². The van der Waals surface area contributed by atoms with E-state index >= 15 is 0 Å². The predicted molar refractivity (Wildman–Crippen MR) is 154 cm³/mol. The van der Waals surface area contributed by atoms with E-state index < -0.39 is 52.7 Å². The maximum absolute atomic E-state index is 13.8. The summed E-state index contributed by atoms with van der Waals surface area (Å²) in [5.74, 6) is -3.93. The molecule has 8 nitrogen and oxygen atoms in total. The van der Waals surface area contributed by atoms with Crippen LogP contribution in [0.2, 0.25) is 0 Å². The molecule has 2 heterocycles. The summed E-state index contributed by atoms with van der Waals surface area (Å²) in [6.07, 6.45) is -9.82. The first kappa shape index (κ1) is 32.7. The zero-order valence-electron chi connectivity index (χ0n) is 23.6. The van der Waals surface area contributed by atoms with E-state index in [0.29, 0.717) is 49.8 Å². The van der Waals surface area contributed by atoms with Crippen molar-refractivity contribution in [3.63, 3.8) is 0 Å². The van der Waals surface area contributed by atoms with E-state index in [0.717, 1.165) is 24.3 Å². The Morgan fingerprint density at radius 2 is 1.59 bits per heavy atom. The van der Waals surface area contributed by atoms with Crippen LogP contribution in [0.3, 0.4) is 0 Å². The van der Waals surface area contributed by atoms with Gasteiger partial charge >= 0.3 is 12.4 Å². The van der Waals surface area contributed by atoms with Crippen molar-refractivity contribution < 1.29 is 54.6 Å². The Balaban J connectivity index is 1.54. The topological polar surface area (TPSA) is 97.0 Å². The Morgan fingerprint density at radius 3 is 2.24 bits per heavy atom. The summed E-state index contributed by atoms with van der Waals surface area (Å²) in [6.45, 7) is 1.31. The van der Waals surface area contributed by atoms with E-state index in [1.165, 1.54) is 30.2 Å². The van der Waals surface area contributed by atoms with Gasteiger partial charge in [0.1, 0.15) is 16.4 Å². The third-order valence-corrected chi connectivity index (χ3v) is 8.13. The number of methoxy groups -OCH3 is 1. The number of carbonyl (C=O) groups excluding carboxylic acids is 3. The van der Waals surface area contributed by atoms with Crippen molar-refractivity contribution in [3.05, 3.63) is 87.5 Å². The fourth-order valence-corrected chi connectivity index (χ4v) is 5.81. The summed E-state index contributed by atoms with van der Waals surface area (Å²) in [4.78, 5) is 41.2.